The lowest BCUT2D eigenvalue weighted by atomic mass is 10.1. The van der Waals surface area contributed by atoms with Gasteiger partial charge in [0.1, 0.15) is 22.2 Å². The van der Waals surface area contributed by atoms with Gasteiger partial charge in [0.15, 0.2) is 0 Å². The van der Waals surface area contributed by atoms with Crippen LogP contribution in [0.2, 0.25) is 0 Å². The molecule has 174 valence electrons. The van der Waals surface area contributed by atoms with Crippen molar-refractivity contribution >= 4 is 16.0 Å². The van der Waals surface area contributed by atoms with Crippen LogP contribution in [0.15, 0.2) is 101 Å². The summed E-state index contributed by atoms with van der Waals surface area (Å²) in [5.74, 6) is -0.0213. The molecule has 0 unspecified atom stereocenters. The molecular weight excluding hydrogens is 457 g/mol. The third kappa shape index (κ3) is 5.52. The Bertz CT molecular complexity index is 1380. The molecule has 0 spiro atoms. The Morgan fingerprint density at radius 3 is 2.41 bits per heavy atom. The van der Waals surface area contributed by atoms with Gasteiger partial charge in [-0.25, -0.2) is 4.39 Å². The fraction of sp³-hybridized carbons (Fsp3) is 0.115. The summed E-state index contributed by atoms with van der Waals surface area (Å²) >= 11 is 0. The van der Waals surface area contributed by atoms with Gasteiger partial charge in [-0.1, -0.05) is 30.3 Å². The van der Waals surface area contributed by atoms with Gasteiger partial charge in [-0.15, -0.1) is 0 Å². The topological polar surface area (TPSA) is 76.8 Å². The second kappa shape index (κ2) is 9.93. The zero-order valence-electron chi connectivity index (χ0n) is 18.3. The fourth-order valence-corrected chi connectivity index (χ4v) is 4.39. The van der Waals surface area contributed by atoms with Crippen LogP contribution in [0.5, 0.6) is 5.75 Å². The van der Waals surface area contributed by atoms with Crippen LogP contribution in [-0.4, -0.2) is 19.2 Å². The molecule has 0 N–H and O–H groups in total. The molecule has 4 aromatic rings. The van der Waals surface area contributed by atoms with E-state index in [1.807, 2.05) is 19.1 Å². The van der Waals surface area contributed by atoms with E-state index in [1.54, 1.807) is 53.6 Å². The molecule has 0 aliphatic carbocycles. The van der Waals surface area contributed by atoms with Crippen LogP contribution < -0.4 is 4.18 Å². The van der Waals surface area contributed by atoms with Gasteiger partial charge in [-0.2, -0.15) is 8.42 Å². The van der Waals surface area contributed by atoms with E-state index in [-0.39, 0.29) is 29.6 Å². The van der Waals surface area contributed by atoms with E-state index in [2.05, 4.69) is 0 Å². The molecular formula is C26H22FNO5S. The third-order valence-electron chi connectivity index (χ3n) is 5.17. The Morgan fingerprint density at radius 2 is 1.71 bits per heavy atom. The minimum atomic E-state index is -4.14. The quantitative estimate of drug-likeness (QED) is 0.319. The fourth-order valence-electron chi connectivity index (χ4n) is 3.47. The largest absolute Gasteiger partial charge is 0.467 e. The first kappa shape index (κ1) is 23.3. The molecule has 0 aliphatic rings. The molecule has 0 bridgehead atoms. The van der Waals surface area contributed by atoms with E-state index < -0.39 is 15.9 Å². The average Bonchev–Trinajstić information content (AvgIpc) is 3.32. The number of amides is 1. The molecule has 1 amide bonds. The minimum Gasteiger partial charge on any atom is -0.467 e. The Morgan fingerprint density at radius 1 is 0.941 bits per heavy atom. The van der Waals surface area contributed by atoms with Crippen molar-refractivity contribution < 1.29 is 26.2 Å². The van der Waals surface area contributed by atoms with Gasteiger partial charge in [0.25, 0.3) is 5.91 Å². The number of hydrogen-bond donors (Lipinski definition) is 0. The molecule has 0 radical (unpaired) electrons. The molecule has 3 aromatic carbocycles. The molecule has 8 heteroatoms. The van der Waals surface area contributed by atoms with Crippen LogP contribution in [0.4, 0.5) is 4.39 Å². The van der Waals surface area contributed by atoms with E-state index in [0.29, 0.717) is 16.9 Å². The molecule has 4 rings (SSSR count). The lowest BCUT2D eigenvalue weighted by Gasteiger charge is -2.23. The van der Waals surface area contributed by atoms with Gasteiger partial charge in [0, 0.05) is 12.1 Å². The summed E-state index contributed by atoms with van der Waals surface area (Å²) in [6, 6.07) is 21.7. The number of furan rings is 1. The van der Waals surface area contributed by atoms with E-state index in [0.717, 1.165) is 29.8 Å². The zero-order valence-corrected chi connectivity index (χ0v) is 19.2. The monoisotopic (exact) mass is 479 g/mol. The molecule has 0 aliphatic heterocycles. The number of rotatable bonds is 8. The summed E-state index contributed by atoms with van der Waals surface area (Å²) in [5, 5.41) is 0. The number of carbonyl (C=O) groups excluding carboxylic acids is 1. The summed E-state index contributed by atoms with van der Waals surface area (Å²) in [4.78, 5) is 14.8. The standard InChI is InChI=1S/C26H22FNO5S/c1-19-6-2-3-10-25(19)26(29)28(18-23-9-5-15-32-23)17-20-7-4-8-22(16-20)33-34(30,31)24-13-11-21(27)12-14-24/h2-16H,17-18H2,1H3. The summed E-state index contributed by atoms with van der Waals surface area (Å²) in [5.41, 5.74) is 2.08. The van der Waals surface area contributed by atoms with Crippen molar-refractivity contribution in [1.29, 1.82) is 0 Å². The van der Waals surface area contributed by atoms with Crippen molar-refractivity contribution in [3.8, 4) is 5.75 Å². The minimum absolute atomic E-state index is 0.0862. The molecule has 0 saturated carbocycles. The molecule has 6 nitrogen and oxygen atoms in total. The number of hydrogen-bond acceptors (Lipinski definition) is 5. The van der Waals surface area contributed by atoms with Crippen molar-refractivity contribution in [2.24, 2.45) is 0 Å². The molecule has 0 fully saturated rings. The van der Waals surface area contributed by atoms with E-state index in [9.17, 15) is 17.6 Å². The van der Waals surface area contributed by atoms with Crippen molar-refractivity contribution in [3.63, 3.8) is 0 Å². The van der Waals surface area contributed by atoms with Crippen LogP contribution in [0, 0.1) is 12.7 Å². The van der Waals surface area contributed by atoms with Crippen LogP contribution in [0.3, 0.4) is 0 Å². The van der Waals surface area contributed by atoms with Crippen molar-refractivity contribution in [1.82, 2.24) is 4.90 Å². The normalized spacial score (nSPS) is 11.2. The number of carbonyl (C=O) groups is 1. The second-order valence-electron chi connectivity index (χ2n) is 7.69. The molecule has 1 heterocycles. The van der Waals surface area contributed by atoms with Gasteiger partial charge >= 0.3 is 10.1 Å². The highest BCUT2D eigenvalue weighted by molar-refractivity contribution is 7.87. The summed E-state index contributed by atoms with van der Waals surface area (Å²) in [6.07, 6.45) is 1.54. The predicted octanol–water partition coefficient (Wildman–Crippen LogP) is 5.34. The Balaban J connectivity index is 1.58. The number of halogens is 1. The summed E-state index contributed by atoms with van der Waals surface area (Å²) < 4.78 is 49.0. The maximum Gasteiger partial charge on any atom is 0.339 e. The SMILES string of the molecule is Cc1ccccc1C(=O)N(Cc1cccc(OS(=O)(=O)c2ccc(F)cc2)c1)Cc1ccco1. The lowest BCUT2D eigenvalue weighted by molar-refractivity contribution is 0.0717. The van der Waals surface area contributed by atoms with E-state index >= 15 is 0 Å². The van der Waals surface area contributed by atoms with Crippen LogP contribution >= 0.6 is 0 Å². The molecule has 0 atom stereocenters. The van der Waals surface area contributed by atoms with Gasteiger partial charge in [0.05, 0.1) is 12.8 Å². The van der Waals surface area contributed by atoms with Gasteiger partial charge in [-0.05, 0) is 72.6 Å². The van der Waals surface area contributed by atoms with E-state index in [4.69, 9.17) is 8.60 Å². The first-order valence-corrected chi connectivity index (χ1v) is 11.9. The highest BCUT2D eigenvalue weighted by Crippen LogP contribution is 2.23. The predicted molar refractivity (Wildman–Crippen MR) is 124 cm³/mol. The maximum absolute atomic E-state index is 13.3. The van der Waals surface area contributed by atoms with Gasteiger partial charge < -0.3 is 13.5 Å². The highest BCUT2D eigenvalue weighted by Gasteiger charge is 2.21. The zero-order chi connectivity index (χ0) is 24.1. The molecule has 34 heavy (non-hydrogen) atoms. The Labute approximate surface area is 197 Å². The highest BCUT2D eigenvalue weighted by atomic mass is 32.2. The number of nitrogens with zero attached hydrogens (tertiary/aromatic N) is 1. The molecule has 0 saturated heterocycles. The first-order valence-electron chi connectivity index (χ1n) is 10.5. The summed E-state index contributed by atoms with van der Waals surface area (Å²) in [6.45, 7) is 2.30. The van der Waals surface area contributed by atoms with Crippen molar-refractivity contribution in [3.05, 3.63) is 119 Å². The van der Waals surface area contributed by atoms with Crippen LogP contribution in [0.25, 0.3) is 0 Å². The first-order chi connectivity index (χ1) is 16.3. The number of benzene rings is 3. The number of aryl methyl sites for hydroxylation is 1. The third-order valence-corrected chi connectivity index (χ3v) is 6.43. The van der Waals surface area contributed by atoms with Crippen molar-refractivity contribution in [2.45, 2.75) is 24.9 Å². The smallest absolute Gasteiger partial charge is 0.339 e. The van der Waals surface area contributed by atoms with Gasteiger partial charge in [-0.3, -0.25) is 4.79 Å². The molecule has 1 aromatic heterocycles. The van der Waals surface area contributed by atoms with Crippen molar-refractivity contribution in [2.75, 3.05) is 0 Å². The summed E-state index contributed by atoms with van der Waals surface area (Å²) in [7, 11) is -4.14. The Kier molecular flexibility index (Phi) is 6.79. The second-order valence-corrected chi connectivity index (χ2v) is 9.24. The maximum atomic E-state index is 13.3. The van der Waals surface area contributed by atoms with Crippen LogP contribution in [-0.2, 0) is 23.2 Å². The Hall–Kier alpha value is -3.91. The van der Waals surface area contributed by atoms with Crippen LogP contribution in [0.1, 0.15) is 27.2 Å². The lowest BCUT2D eigenvalue weighted by Crippen LogP contribution is -2.30. The van der Waals surface area contributed by atoms with E-state index in [1.165, 1.54) is 6.07 Å². The van der Waals surface area contributed by atoms with Gasteiger partial charge in [0.2, 0.25) is 0 Å². The average molecular weight is 480 g/mol.